The SMILES string of the molecule is C=C(C)c1cccc2c1[nH]c(=O)n2CC. The summed E-state index contributed by atoms with van der Waals surface area (Å²) in [5.41, 5.74) is 3.75. The molecule has 0 unspecified atom stereocenters. The third-order valence-electron chi connectivity index (χ3n) is 2.59. The lowest BCUT2D eigenvalue weighted by Crippen LogP contribution is -2.14. The van der Waals surface area contributed by atoms with E-state index in [4.69, 9.17) is 0 Å². The zero-order chi connectivity index (χ0) is 11.0. The van der Waals surface area contributed by atoms with Crippen molar-refractivity contribution in [3.8, 4) is 0 Å². The van der Waals surface area contributed by atoms with Crippen LogP contribution in [-0.2, 0) is 6.54 Å². The number of hydrogen-bond donors (Lipinski definition) is 1. The molecule has 0 aliphatic carbocycles. The van der Waals surface area contributed by atoms with Gasteiger partial charge in [0.25, 0.3) is 0 Å². The van der Waals surface area contributed by atoms with Crippen LogP contribution in [0.4, 0.5) is 0 Å². The number of imidazole rings is 1. The number of benzene rings is 1. The van der Waals surface area contributed by atoms with E-state index in [1.807, 2.05) is 32.0 Å². The molecule has 2 rings (SSSR count). The van der Waals surface area contributed by atoms with E-state index in [1.54, 1.807) is 4.57 Å². The van der Waals surface area contributed by atoms with Gasteiger partial charge in [0, 0.05) is 12.1 Å². The van der Waals surface area contributed by atoms with Gasteiger partial charge in [-0.05, 0) is 25.5 Å². The van der Waals surface area contributed by atoms with Crippen LogP contribution in [0.2, 0.25) is 0 Å². The van der Waals surface area contributed by atoms with Gasteiger partial charge >= 0.3 is 5.69 Å². The highest BCUT2D eigenvalue weighted by Crippen LogP contribution is 2.21. The predicted molar refractivity (Wildman–Crippen MR) is 62.9 cm³/mol. The van der Waals surface area contributed by atoms with Gasteiger partial charge in [-0.1, -0.05) is 18.7 Å². The number of allylic oxidation sites excluding steroid dienone is 1. The summed E-state index contributed by atoms with van der Waals surface area (Å²) in [6.45, 7) is 8.49. The first-order chi connectivity index (χ1) is 7.15. The fourth-order valence-electron chi connectivity index (χ4n) is 1.85. The molecule has 0 fully saturated rings. The molecule has 0 bridgehead atoms. The maximum atomic E-state index is 11.6. The largest absolute Gasteiger partial charge is 0.326 e. The van der Waals surface area contributed by atoms with Crippen molar-refractivity contribution in [3.63, 3.8) is 0 Å². The van der Waals surface area contributed by atoms with E-state index in [9.17, 15) is 4.79 Å². The van der Waals surface area contributed by atoms with Crippen molar-refractivity contribution in [2.75, 3.05) is 0 Å². The summed E-state index contributed by atoms with van der Waals surface area (Å²) < 4.78 is 1.72. The number of nitrogens with zero attached hydrogens (tertiary/aromatic N) is 1. The minimum atomic E-state index is -0.0544. The first-order valence-corrected chi connectivity index (χ1v) is 5.02. The minimum absolute atomic E-state index is 0.0544. The second kappa shape index (κ2) is 3.42. The van der Waals surface area contributed by atoms with Crippen molar-refractivity contribution in [2.45, 2.75) is 20.4 Å². The van der Waals surface area contributed by atoms with Gasteiger partial charge in [0.1, 0.15) is 0 Å². The fraction of sp³-hybridized carbons (Fsp3) is 0.250. The maximum absolute atomic E-state index is 11.6. The van der Waals surface area contributed by atoms with Gasteiger partial charge in [-0.25, -0.2) is 4.79 Å². The molecule has 2 aromatic rings. The van der Waals surface area contributed by atoms with Gasteiger partial charge in [-0.3, -0.25) is 4.57 Å². The molecule has 0 radical (unpaired) electrons. The first-order valence-electron chi connectivity index (χ1n) is 5.02. The van der Waals surface area contributed by atoms with Crippen LogP contribution in [-0.4, -0.2) is 9.55 Å². The number of aromatic amines is 1. The lowest BCUT2D eigenvalue weighted by Gasteiger charge is -2.02. The Balaban J connectivity index is 2.89. The molecule has 0 aliphatic rings. The lowest BCUT2D eigenvalue weighted by atomic mass is 10.1. The molecule has 78 valence electrons. The molecule has 0 saturated heterocycles. The van der Waals surface area contributed by atoms with Crippen molar-refractivity contribution in [1.29, 1.82) is 0 Å². The first kappa shape index (κ1) is 9.77. The molecule has 3 heteroatoms. The van der Waals surface area contributed by atoms with Crippen molar-refractivity contribution >= 4 is 16.6 Å². The monoisotopic (exact) mass is 202 g/mol. The molecule has 0 saturated carbocycles. The average Bonchev–Trinajstić information content (AvgIpc) is 2.52. The van der Waals surface area contributed by atoms with Crippen molar-refractivity contribution in [2.24, 2.45) is 0 Å². The van der Waals surface area contributed by atoms with Crippen LogP contribution < -0.4 is 5.69 Å². The predicted octanol–water partition coefficient (Wildman–Crippen LogP) is 2.38. The summed E-state index contributed by atoms with van der Waals surface area (Å²) in [4.78, 5) is 14.5. The Morgan fingerprint density at radius 1 is 1.53 bits per heavy atom. The average molecular weight is 202 g/mol. The zero-order valence-corrected chi connectivity index (χ0v) is 9.00. The molecule has 0 aliphatic heterocycles. The highest BCUT2D eigenvalue weighted by Gasteiger charge is 2.08. The van der Waals surface area contributed by atoms with Crippen LogP contribution in [0.15, 0.2) is 29.6 Å². The Kier molecular flexibility index (Phi) is 2.23. The number of aromatic nitrogens is 2. The third kappa shape index (κ3) is 1.40. The molecule has 0 amide bonds. The van der Waals surface area contributed by atoms with Crippen LogP contribution >= 0.6 is 0 Å². The van der Waals surface area contributed by atoms with Crippen LogP contribution in [0.1, 0.15) is 19.4 Å². The van der Waals surface area contributed by atoms with Gasteiger partial charge in [-0.2, -0.15) is 0 Å². The molecule has 1 N–H and O–H groups in total. The molecule has 3 nitrogen and oxygen atoms in total. The number of rotatable bonds is 2. The zero-order valence-electron chi connectivity index (χ0n) is 9.00. The number of para-hydroxylation sites is 1. The summed E-state index contributed by atoms with van der Waals surface area (Å²) in [6.07, 6.45) is 0. The molecule has 1 heterocycles. The lowest BCUT2D eigenvalue weighted by molar-refractivity contribution is 0.753. The Morgan fingerprint density at radius 3 is 2.87 bits per heavy atom. The van der Waals surface area contributed by atoms with Crippen LogP contribution in [0.5, 0.6) is 0 Å². The summed E-state index contributed by atoms with van der Waals surface area (Å²) in [5, 5.41) is 0. The van der Waals surface area contributed by atoms with Gasteiger partial charge in [-0.15, -0.1) is 0 Å². The van der Waals surface area contributed by atoms with Crippen LogP contribution in [0, 0.1) is 0 Å². The Morgan fingerprint density at radius 2 is 2.27 bits per heavy atom. The number of H-pyrrole nitrogens is 1. The van der Waals surface area contributed by atoms with E-state index in [0.29, 0.717) is 6.54 Å². The normalized spacial score (nSPS) is 10.8. The molecular formula is C12H14N2O. The Hall–Kier alpha value is -1.77. The van der Waals surface area contributed by atoms with Crippen molar-refractivity contribution < 1.29 is 0 Å². The highest BCUT2D eigenvalue weighted by molar-refractivity contribution is 5.88. The second-order valence-corrected chi connectivity index (χ2v) is 3.65. The minimum Gasteiger partial charge on any atom is -0.305 e. The smallest absolute Gasteiger partial charge is 0.305 e. The van der Waals surface area contributed by atoms with E-state index >= 15 is 0 Å². The van der Waals surface area contributed by atoms with Gasteiger partial charge in [0.2, 0.25) is 0 Å². The Bertz CT molecular complexity index is 575. The molecule has 15 heavy (non-hydrogen) atoms. The second-order valence-electron chi connectivity index (χ2n) is 3.65. The van der Waals surface area contributed by atoms with E-state index in [1.165, 1.54) is 0 Å². The molecule has 0 spiro atoms. The van der Waals surface area contributed by atoms with Gasteiger partial charge in [0.05, 0.1) is 11.0 Å². The van der Waals surface area contributed by atoms with Crippen molar-refractivity contribution in [1.82, 2.24) is 9.55 Å². The van der Waals surface area contributed by atoms with Gasteiger partial charge < -0.3 is 4.98 Å². The molecular weight excluding hydrogens is 188 g/mol. The summed E-state index contributed by atoms with van der Waals surface area (Å²) in [5.74, 6) is 0. The maximum Gasteiger partial charge on any atom is 0.326 e. The van der Waals surface area contributed by atoms with Crippen molar-refractivity contribution in [3.05, 3.63) is 40.8 Å². The molecule has 1 aromatic carbocycles. The fourth-order valence-corrected chi connectivity index (χ4v) is 1.85. The van der Waals surface area contributed by atoms with Crippen LogP contribution in [0.3, 0.4) is 0 Å². The van der Waals surface area contributed by atoms with Gasteiger partial charge in [0.15, 0.2) is 0 Å². The van der Waals surface area contributed by atoms with E-state index in [-0.39, 0.29) is 5.69 Å². The standard InChI is InChI=1S/C12H14N2O/c1-4-14-10-7-5-6-9(8(2)3)11(10)13-12(14)15/h5-7H,2,4H2,1,3H3,(H,13,15). The van der Waals surface area contributed by atoms with E-state index in [2.05, 4.69) is 11.6 Å². The number of aryl methyl sites for hydroxylation is 1. The number of hydrogen-bond acceptors (Lipinski definition) is 1. The van der Waals surface area contributed by atoms with E-state index < -0.39 is 0 Å². The van der Waals surface area contributed by atoms with Crippen LogP contribution in [0.25, 0.3) is 16.6 Å². The highest BCUT2D eigenvalue weighted by atomic mass is 16.1. The molecule has 1 aromatic heterocycles. The molecule has 0 atom stereocenters. The number of fused-ring (bicyclic) bond motifs is 1. The summed E-state index contributed by atoms with van der Waals surface area (Å²) >= 11 is 0. The third-order valence-corrected chi connectivity index (χ3v) is 2.59. The Labute approximate surface area is 88.0 Å². The summed E-state index contributed by atoms with van der Waals surface area (Å²) in [7, 11) is 0. The van der Waals surface area contributed by atoms with E-state index in [0.717, 1.165) is 22.2 Å². The number of nitrogens with one attached hydrogen (secondary N) is 1. The topological polar surface area (TPSA) is 37.8 Å². The quantitative estimate of drug-likeness (QED) is 0.797. The summed E-state index contributed by atoms with van der Waals surface area (Å²) in [6, 6.07) is 5.87.